The van der Waals surface area contributed by atoms with E-state index in [0.29, 0.717) is 12.1 Å². The maximum absolute atomic E-state index is 6.62. The molecular weight excluding hydrogens is 259 g/mol. The smallest absolute Gasteiger partial charge is 0.0574 e. The molecule has 122 valence electrons. The lowest BCUT2D eigenvalue weighted by molar-refractivity contribution is -0.0643. The Hall–Kier alpha value is -0.0800. The Balaban J connectivity index is 1.75. The summed E-state index contributed by atoms with van der Waals surface area (Å²) in [6, 6.07) is 0.460. The summed E-state index contributed by atoms with van der Waals surface area (Å²) in [6.07, 6.45) is 14.3. The standard InChI is InChI=1S/C19H35NO/c1-3-6-19(20)18-11-13-9-10-14(21-2)12-17(13)15-7-4-5-8-16(15)18/h13-19H,3-12,20H2,1-2H3/t13?,14?,15?,16?,17?,18-,19?/m1/s1/i2+1. The molecule has 0 saturated heterocycles. The Morgan fingerprint density at radius 2 is 1.76 bits per heavy atom. The second kappa shape index (κ2) is 7.00. The summed E-state index contributed by atoms with van der Waals surface area (Å²) >= 11 is 0. The van der Waals surface area contributed by atoms with E-state index in [2.05, 4.69) is 6.92 Å². The lowest BCUT2D eigenvalue weighted by Crippen LogP contribution is -2.50. The number of rotatable bonds is 4. The molecule has 0 bridgehead atoms. The number of fused-ring (bicyclic) bond motifs is 3. The van der Waals surface area contributed by atoms with E-state index in [1.807, 2.05) is 7.11 Å². The van der Waals surface area contributed by atoms with Crippen LogP contribution < -0.4 is 5.73 Å². The fourth-order valence-corrected chi connectivity index (χ4v) is 6.07. The minimum atomic E-state index is 0.460. The van der Waals surface area contributed by atoms with Crippen LogP contribution in [0.1, 0.15) is 71.1 Å². The van der Waals surface area contributed by atoms with Crippen LogP contribution in [0.25, 0.3) is 0 Å². The van der Waals surface area contributed by atoms with Crippen LogP contribution in [0.3, 0.4) is 0 Å². The van der Waals surface area contributed by atoms with Crippen molar-refractivity contribution in [1.82, 2.24) is 0 Å². The van der Waals surface area contributed by atoms with Crippen LogP contribution >= 0.6 is 0 Å². The van der Waals surface area contributed by atoms with Gasteiger partial charge in [-0.05, 0) is 74.5 Å². The van der Waals surface area contributed by atoms with Crippen molar-refractivity contribution in [3.63, 3.8) is 0 Å². The van der Waals surface area contributed by atoms with Crippen molar-refractivity contribution in [2.45, 2.75) is 83.3 Å². The number of hydrogen-bond acceptors (Lipinski definition) is 2. The van der Waals surface area contributed by atoms with Crippen molar-refractivity contribution < 1.29 is 4.74 Å². The van der Waals surface area contributed by atoms with E-state index in [1.165, 1.54) is 64.2 Å². The highest BCUT2D eigenvalue weighted by atomic mass is 16.5. The summed E-state index contributed by atoms with van der Waals surface area (Å²) in [4.78, 5) is 0. The van der Waals surface area contributed by atoms with Gasteiger partial charge in [0.2, 0.25) is 0 Å². The van der Waals surface area contributed by atoms with Gasteiger partial charge in [0.1, 0.15) is 0 Å². The average Bonchev–Trinajstić information content (AvgIpc) is 2.53. The largest absolute Gasteiger partial charge is 0.381 e. The SMILES string of the molecule is CCCC(N)[C@@H]1CC2CCC(O[13CH3])CC2C2CCCCC21. The minimum absolute atomic E-state index is 0.460. The second-order valence-electron chi connectivity index (χ2n) is 8.06. The fourth-order valence-electron chi connectivity index (χ4n) is 6.07. The van der Waals surface area contributed by atoms with Gasteiger partial charge in [0.05, 0.1) is 6.10 Å². The van der Waals surface area contributed by atoms with Gasteiger partial charge in [-0.25, -0.2) is 0 Å². The third-order valence-corrected chi connectivity index (χ3v) is 7.05. The first-order chi connectivity index (χ1) is 10.2. The van der Waals surface area contributed by atoms with E-state index in [9.17, 15) is 0 Å². The first-order valence-corrected chi connectivity index (χ1v) is 9.53. The van der Waals surface area contributed by atoms with Crippen LogP contribution in [0.2, 0.25) is 0 Å². The zero-order valence-corrected chi connectivity index (χ0v) is 14.1. The van der Waals surface area contributed by atoms with Crippen LogP contribution in [0.4, 0.5) is 0 Å². The molecule has 3 aliphatic rings. The first-order valence-electron chi connectivity index (χ1n) is 9.53. The maximum Gasteiger partial charge on any atom is 0.0574 e. The zero-order chi connectivity index (χ0) is 14.8. The van der Waals surface area contributed by atoms with Gasteiger partial charge in [-0.3, -0.25) is 0 Å². The minimum Gasteiger partial charge on any atom is -0.381 e. The first kappa shape index (κ1) is 15.8. The van der Waals surface area contributed by atoms with Gasteiger partial charge in [-0.1, -0.05) is 26.2 Å². The van der Waals surface area contributed by atoms with Gasteiger partial charge in [0, 0.05) is 13.2 Å². The van der Waals surface area contributed by atoms with Crippen LogP contribution in [0.15, 0.2) is 0 Å². The van der Waals surface area contributed by atoms with Crippen molar-refractivity contribution in [2.24, 2.45) is 35.3 Å². The van der Waals surface area contributed by atoms with Crippen molar-refractivity contribution in [2.75, 3.05) is 7.11 Å². The Labute approximate surface area is 131 Å². The third-order valence-electron chi connectivity index (χ3n) is 7.05. The lowest BCUT2D eigenvalue weighted by Gasteiger charge is -2.54. The summed E-state index contributed by atoms with van der Waals surface area (Å²) in [5.74, 6) is 4.60. The van der Waals surface area contributed by atoms with Crippen molar-refractivity contribution in [3.8, 4) is 0 Å². The van der Waals surface area contributed by atoms with E-state index in [4.69, 9.17) is 10.5 Å². The Kier molecular flexibility index (Phi) is 5.27. The number of methoxy groups -OCH3 is 1. The summed E-state index contributed by atoms with van der Waals surface area (Å²) < 4.78 is 5.71. The molecule has 3 fully saturated rings. The van der Waals surface area contributed by atoms with Gasteiger partial charge >= 0.3 is 0 Å². The molecule has 2 nitrogen and oxygen atoms in total. The van der Waals surface area contributed by atoms with E-state index < -0.39 is 0 Å². The Morgan fingerprint density at radius 1 is 1.00 bits per heavy atom. The van der Waals surface area contributed by atoms with Crippen LogP contribution in [-0.2, 0) is 4.74 Å². The Morgan fingerprint density at radius 3 is 2.48 bits per heavy atom. The van der Waals surface area contributed by atoms with Gasteiger partial charge in [0.25, 0.3) is 0 Å². The molecule has 3 aliphatic carbocycles. The molecule has 0 radical (unpaired) electrons. The van der Waals surface area contributed by atoms with Crippen LogP contribution in [-0.4, -0.2) is 19.3 Å². The van der Waals surface area contributed by atoms with Crippen LogP contribution in [0.5, 0.6) is 0 Å². The molecule has 0 spiro atoms. The molecule has 0 aromatic heterocycles. The molecule has 0 aliphatic heterocycles. The summed E-state index contributed by atoms with van der Waals surface area (Å²) in [6.45, 7) is 2.29. The second-order valence-corrected chi connectivity index (χ2v) is 8.06. The highest BCUT2D eigenvalue weighted by Gasteiger charge is 2.48. The Bertz CT molecular complexity index is 332. The summed E-state index contributed by atoms with van der Waals surface area (Å²) in [5.41, 5.74) is 6.62. The van der Waals surface area contributed by atoms with Crippen molar-refractivity contribution >= 4 is 0 Å². The number of hydrogen-bond donors (Lipinski definition) is 1. The zero-order valence-electron chi connectivity index (χ0n) is 14.1. The average molecular weight is 294 g/mol. The monoisotopic (exact) mass is 294 g/mol. The quantitative estimate of drug-likeness (QED) is 0.781. The molecule has 0 heterocycles. The van der Waals surface area contributed by atoms with Gasteiger partial charge in [-0.2, -0.15) is 0 Å². The highest BCUT2D eigenvalue weighted by molar-refractivity contribution is 4.99. The summed E-state index contributed by atoms with van der Waals surface area (Å²) in [7, 11) is 1.91. The predicted molar refractivity (Wildman–Crippen MR) is 88.1 cm³/mol. The van der Waals surface area contributed by atoms with E-state index in [0.717, 1.165) is 29.6 Å². The summed E-state index contributed by atoms with van der Waals surface area (Å²) in [5, 5.41) is 0. The fraction of sp³-hybridized carbons (Fsp3) is 1.00. The number of nitrogens with two attached hydrogens (primary N) is 1. The highest BCUT2D eigenvalue weighted by Crippen LogP contribution is 2.54. The van der Waals surface area contributed by atoms with E-state index >= 15 is 0 Å². The van der Waals surface area contributed by atoms with Crippen LogP contribution in [0, 0.1) is 29.6 Å². The van der Waals surface area contributed by atoms with Gasteiger partial charge in [0.15, 0.2) is 0 Å². The molecule has 0 aromatic rings. The molecule has 0 aromatic carbocycles. The maximum atomic E-state index is 6.62. The molecule has 0 amide bonds. The van der Waals surface area contributed by atoms with Gasteiger partial charge < -0.3 is 10.5 Å². The topological polar surface area (TPSA) is 35.2 Å². The normalized spacial score (nSPS) is 44.7. The van der Waals surface area contributed by atoms with Crippen molar-refractivity contribution in [3.05, 3.63) is 0 Å². The predicted octanol–water partition coefficient (Wildman–Crippen LogP) is 4.37. The molecule has 7 atom stereocenters. The number of ether oxygens (including phenoxy) is 1. The molecular formula is C19H35NO. The molecule has 3 rings (SSSR count). The third kappa shape index (κ3) is 3.17. The molecule has 2 heteroatoms. The van der Waals surface area contributed by atoms with Crippen molar-refractivity contribution in [1.29, 1.82) is 0 Å². The van der Waals surface area contributed by atoms with E-state index in [-0.39, 0.29) is 0 Å². The molecule has 21 heavy (non-hydrogen) atoms. The molecule has 3 saturated carbocycles. The van der Waals surface area contributed by atoms with E-state index in [1.54, 1.807) is 0 Å². The van der Waals surface area contributed by atoms with Gasteiger partial charge in [-0.15, -0.1) is 0 Å². The lowest BCUT2D eigenvalue weighted by atomic mass is 9.53. The molecule has 6 unspecified atom stereocenters. The molecule has 2 N–H and O–H groups in total.